The molecule has 1 unspecified atom stereocenters. The second-order valence-electron chi connectivity index (χ2n) is 7.68. The van der Waals surface area contributed by atoms with E-state index in [0.717, 1.165) is 6.42 Å². The number of nitrogens with one attached hydrogen (secondary N) is 2. The van der Waals surface area contributed by atoms with E-state index in [-0.39, 0.29) is 38.9 Å². The first-order valence-electron chi connectivity index (χ1n) is 10.2. The Morgan fingerprint density at radius 2 is 1.91 bits per heavy atom. The second-order valence-corrected chi connectivity index (χ2v) is 9.74. The predicted octanol–water partition coefficient (Wildman–Crippen LogP) is 6.90. The number of rotatable bonds is 6. The standard InChI is InChI=1S/C23H22BrCl3N4O2/c1-4-13-6-5-7-16(26)18(8-13)31-19(11-20(24)30-31)23(33)29-21-15(22(32)28-12(2)3)9-14(25)10-17(21)27/h5-13H,4H2,1-3H3,(H,28,32)(H,29,33). The van der Waals surface area contributed by atoms with Gasteiger partial charge in [0.15, 0.2) is 0 Å². The number of halogens is 4. The highest BCUT2D eigenvalue weighted by Gasteiger charge is 2.24. The van der Waals surface area contributed by atoms with Crippen molar-refractivity contribution in [3.8, 4) is 0 Å². The van der Waals surface area contributed by atoms with Crippen molar-refractivity contribution in [2.45, 2.75) is 33.2 Å². The average molecular weight is 573 g/mol. The number of hydrogen-bond donors (Lipinski definition) is 2. The number of carbonyl (C=O) groups excluding carboxylic acids is 2. The monoisotopic (exact) mass is 570 g/mol. The Balaban J connectivity index is 2.03. The molecule has 10 heteroatoms. The summed E-state index contributed by atoms with van der Waals surface area (Å²) in [6.45, 7) is 5.71. The minimum Gasteiger partial charge on any atom is -0.350 e. The first kappa shape index (κ1) is 25.6. The van der Waals surface area contributed by atoms with Gasteiger partial charge in [-0.15, -0.1) is 0 Å². The summed E-state index contributed by atoms with van der Waals surface area (Å²) in [7, 11) is 0. The number of aromatic nitrogens is 2. The molecular formula is C23H22BrCl3N4O2. The molecule has 0 radical (unpaired) electrons. The van der Waals surface area contributed by atoms with Gasteiger partial charge in [-0.1, -0.05) is 60.0 Å². The number of carbonyl (C=O) groups is 2. The fraction of sp³-hybridized carbons (Fsp3) is 0.261. The lowest BCUT2D eigenvalue weighted by atomic mass is 10.1. The second kappa shape index (κ2) is 10.9. The highest BCUT2D eigenvalue weighted by molar-refractivity contribution is 9.10. The third-order valence-corrected chi connectivity index (χ3v) is 6.01. The van der Waals surface area contributed by atoms with Gasteiger partial charge in [-0.05, 0) is 60.3 Å². The molecule has 2 aromatic rings. The van der Waals surface area contributed by atoms with Gasteiger partial charge in [-0.2, -0.15) is 5.10 Å². The van der Waals surface area contributed by atoms with Crippen molar-refractivity contribution in [3.63, 3.8) is 0 Å². The van der Waals surface area contributed by atoms with E-state index in [1.54, 1.807) is 12.1 Å². The van der Waals surface area contributed by atoms with Gasteiger partial charge in [0.1, 0.15) is 10.3 Å². The third kappa shape index (κ3) is 6.09. The maximum Gasteiger partial charge on any atom is 0.274 e. The molecule has 174 valence electrons. The summed E-state index contributed by atoms with van der Waals surface area (Å²) < 4.78 is 1.91. The lowest BCUT2D eigenvalue weighted by molar-refractivity contribution is 0.0944. The normalized spacial score (nSPS) is 15.7. The summed E-state index contributed by atoms with van der Waals surface area (Å²) in [5, 5.41) is 10.8. The molecule has 0 fully saturated rings. The molecule has 2 amide bonds. The van der Waals surface area contributed by atoms with Crippen molar-refractivity contribution in [1.29, 1.82) is 0 Å². The fourth-order valence-electron chi connectivity index (χ4n) is 3.23. The highest BCUT2D eigenvalue weighted by atomic mass is 79.9. The van der Waals surface area contributed by atoms with Crippen LogP contribution in [0.25, 0.3) is 5.70 Å². The van der Waals surface area contributed by atoms with Gasteiger partial charge in [-0.25, -0.2) is 4.68 Å². The SMILES string of the molecule is CCC1C=CC=C(Cl)C(n2nc(Br)cc2C(=O)Nc2c(Cl)cc(Cl)cc2C(=O)NC(C)C)=C1. The van der Waals surface area contributed by atoms with Crippen LogP contribution in [0.3, 0.4) is 0 Å². The fourth-order valence-corrected chi connectivity index (χ4v) is 4.36. The molecule has 1 heterocycles. The average Bonchev–Trinajstić information content (AvgIpc) is 3.02. The van der Waals surface area contributed by atoms with Crippen molar-refractivity contribution >= 4 is 73.9 Å². The van der Waals surface area contributed by atoms with E-state index in [1.165, 1.54) is 16.8 Å². The number of benzene rings is 1. The summed E-state index contributed by atoms with van der Waals surface area (Å²) in [6.07, 6.45) is 8.48. The van der Waals surface area contributed by atoms with Gasteiger partial charge in [-0.3, -0.25) is 9.59 Å². The Hall–Kier alpha value is -2.06. The van der Waals surface area contributed by atoms with Gasteiger partial charge in [0.2, 0.25) is 0 Å². The van der Waals surface area contributed by atoms with Crippen LogP contribution >= 0.6 is 50.7 Å². The van der Waals surface area contributed by atoms with Crippen LogP contribution in [0.4, 0.5) is 5.69 Å². The molecule has 1 aromatic heterocycles. The summed E-state index contributed by atoms with van der Waals surface area (Å²) in [4.78, 5) is 26.1. The van der Waals surface area contributed by atoms with Crippen LogP contribution in [0.2, 0.25) is 10.0 Å². The minimum atomic E-state index is -0.522. The molecule has 1 aromatic carbocycles. The number of anilines is 1. The van der Waals surface area contributed by atoms with Gasteiger partial charge in [0.25, 0.3) is 11.8 Å². The van der Waals surface area contributed by atoms with Crippen LogP contribution in [0, 0.1) is 5.92 Å². The third-order valence-electron chi connectivity index (χ3n) is 4.79. The van der Waals surface area contributed by atoms with Gasteiger partial charge in [0, 0.05) is 17.1 Å². The minimum absolute atomic E-state index is 0.118. The van der Waals surface area contributed by atoms with Crippen molar-refractivity contribution in [2.24, 2.45) is 5.92 Å². The van der Waals surface area contributed by atoms with Crippen molar-refractivity contribution in [3.05, 3.63) is 73.4 Å². The molecule has 0 bridgehead atoms. The van der Waals surface area contributed by atoms with Gasteiger partial charge >= 0.3 is 0 Å². The Kier molecular flexibility index (Phi) is 8.45. The quantitative estimate of drug-likeness (QED) is 0.395. The number of allylic oxidation sites excluding steroid dienone is 6. The van der Waals surface area contributed by atoms with Crippen molar-refractivity contribution < 1.29 is 9.59 Å². The summed E-state index contributed by atoms with van der Waals surface area (Å²) in [5.41, 5.74) is 1.08. The van der Waals surface area contributed by atoms with E-state index >= 15 is 0 Å². The van der Waals surface area contributed by atoms with E-state index < -0.39 is 11.8 Å². The molecule has 0 aliphatic heterocycles. The molecule has 0 saturated carbocycles. The molecule has 33 heavy (non-hydrogen) atoms. The largest absolute Gasteiger partial charge is 0.350 e. The molecule has 1 atom stereocenters. The van der Waals surface area contributed by atoms with E-state index in [9.17, 15) is 9.59 Å². The summed E-state index contributed by atoms with van der Waals surface area (Å²) >= 11 is 22.3. The Labute approximate surface area is 215 Å². The molecule has 2 N–H and O–H groups in total. The van der Waals surface area contributed by atoms with Crippen LogP contribution < -0.4 is 10.6 Å². The molecule has 3 rings (SSSR count). The summed E-state index contributed by atoms with van der Waals surface area (Å²) in [6, 6.07) is 4.37. The predicted molar refractivity (Wildman–Crippen MR) is 138 cm³/mol. The van der Waals surface area contributed by atoms with Crippen molar-refractivity contribution in [1.82, 2.24) is 15.1 Å². The molecule has 0 spiro atoms. The van der Waals surface area contributed by atoms with Crippen LogP contribution in [-0.4, -0.2) is 27.6 Å². The molecular weight excluding hydrogens is 551 g/mol. The van der Waals surface area contributed by atoms with E-state index in [0.29, 0.717) is 15.3 Å². The first-order valence-corrected chi connectivity index (χ1v) is 12.2. The number of hydrogen-bond acceptors (Lipinski definition) is 3. The molecule has 1 aliphatic carbocycles. The van der Waals surface area contributed by atoms with Crippen LogP contribution in [0.1, 0.15) is 48.0 Å². The number of amides is 2. The smallest absolute Gasteiger partial charge is 0.274 e. The Bertz CT molecular complexity index is 1180. The lowest BCUT2D eigenvalue weighted by Crippen LogP contribution is -2.31. The molecule has 0 saturated heterocycles. The zero-order chi connectivity index (χ0) is 24.3. The Morgan fingerprint density at radius 3 is 2.58 bits per heavy atom. The van der Waals surface area contributed by atoms with Gasteiger partial charge in [0.05, 0.1) is 27.0 Å². The van der Waals surface area contributed by atoms with Gasteiger partial charge < -0.3 is 10.6 Å². The maximum atomic E-state index is 13.3. The first-order chi connectivity index (χ1) is 15.6. The molecule has 6 nitrogen and oxygen atoms in total. The van der Waals surface area contributed by atoms with Crippen LogP contribution in [-0.2, 0) is 0 Å². The highest BCUT2D eigenvalue weighted by Crippen LogP contribution is 2.32. The van der Waals surface area contributed by atoms with E-state index in [2.05, 4.69) is 38.6 Å². The van der Waals surface area contributed by atoms with E-state index in [4.69, 9.17) is 34.8 Å². The molecule has 1 aliphatic rings. The topological polar surface area (TPSA) is 76.0 Å². The lowest BCUT2D eigenvalue weighted by Gasteiger charge is -2.16. The van der Waals surface area contributed by atoms with E-state index in [1.807, 2.05) is 32.1 Å². The number of nitrogens with zero attached hydrogens (tertiary/aromatic N) is 2. The zero-order valence-electron chi connectivity index (χ0n) is 18.1. The van der Waals surface area contributed by atoms with Crippen LogP contribution in [0.5, 0.6) is 0 Å². The van der Waals surface area contributed by atoms with Crippen molar-refractivity contribution in [2.75, 3.05) is 5.32 Å². The Morgan fingerprint density at radius 1 is 1.18 bits per heavy atom. The summed E-state index contributed by atoms with van der Waals surface area (Å²) in [5.74, 6) is -0.802. The zero-order valence-corrected chi connectivity index (χ0v) is 22.0. The maximum absolute atomic E-state index is 13.3. The van der Waals surface area contributed by atoms with Crippen LogP contribution in [0.15, 0.2) is 52.1 Å².